The van der Waals surface area contributed by atoms with Gasteiger partial charge in [-0.25, -0.2) is 9.79 Å². The van der Waals surface area contributed by atoms with Gasteiger partial charge >= 0.3 is 5.97 Å². The molecule has 9 heteroatoms. The van der Waals surface area contributed by atoms with Crippen LogP contribution in [0.2, 0.25) is 0 Å². The van der Waals surface area contributed by atoms with Crippen molar-refractivity contribution in [1.82, 2.24) is 5.32 Å². The Morgan fingerprint density at radius 3 is 2.56 bits per heavy atom. The molecule has 1 N–H and O–H groups in total. The first-order valence-electron chi connectivity index (χ1n) is 6.88. The van der Waals surface area contributed by atoms with Gasteiger partial charge in [0.2, 0.25) is 0 Å². The largest absolute Gasteiger partial charge is 0.423 e. The third-order valence-electron chi connectivity index (χ3n) is 2.96. The van der Waals surface area contributed by atoms with Crippen molar-refractivity contribution in [3.8, 4) is 11.9 Å². The van der Waals surface area contributed by atoms with Gasteiger partial charge in [-0.05, 0) is 30.5 Å². The van der Waals surface area contributed by atoms with Crippen molar-refractivity contribution in [2.75, 3.05) is 6.26 Å². The highest BCUT2D eigenvalue weighted by Gasteiger charge is 2.14. The van der Waals surface area contributed by atoms with Crippen molar-refractivity contribution >= 4 is 34.3 Å². The molecule has 8 nitrogen and oxygen atoms in total. The third-order valence-corrected chi connectivity index (χ3v) is 3.54. The first-order valence-corrected chi connectivity index (χ1v) is 8.11. The summed E-state index contributed by atoms with van der Waals surface area (Å²) in [7, 11) is 0. The van der Waals surface area contributed by atoms with E-state index < -0.39 is 10.9 Å². The van der Waals surface area contributed by atoms with Gasteiger partial charge in [-0.1, -0.05) is 23.9 Å². The van der Waals surface area contributed by atoms with Crippen molar-refractivity contribution in [1.29, 1.82) is 5.26 Å². The Labute approximate surface area is 147 Å². The zero-order valence-corrected chi connectivity index (χ0v) is 13.8. The van der Waals surface area contributed by atoms with E-state index in [2.05, 4.69) is 10.3 Å². The second kappa shape index (κ2) is 8.47. The number of esters is 1. The van der Waals surface area contributed by atoms with E-state index in [4.69, 9.17) is 10.00 Å². The monoisotopic (exact) mass is 356 g/mol. The van der Waals surface area contributed by atoms with Crippen LogP contribution < -0.4 is 10.1 Å². The number of hydrogen-bond donors (Lipinski definition) is 1. The molecule has 0 spiro atoms. The van der Waals surface area contributed by atoms with Gasteiger partial charge in [0.15, 0.2) is 11.4 Å². The van der Waals surface area contributed by atoms with Crippen LogP contribution in [-0.2, 0) is 0 Å². The summed E-state index contributed by atoms with van der Waals surface area (Å²) in [6.07, 6.45) is 3.51. The fourth-order valence-electron chi connectivity index (χ4n) is 1.82. The normalized spacial score (nSPS) is 10.6. The summed E-state index contributed by atoms with van der Waals surface area (Å²) < 4.78 is 5.23. The molecule has 0 radical (unpaired) electrons. The predicted octanol–water partition coefficient (Wildman–Crippen LogP) is 3.24. The summed E-state index contributed by atoms with van der Waals surface area (Å²) in [5.74, 6) is -0.486. The van der Waals surface area contributed by atoms with Crippen LogP contribution in [0.3, 0.4) is 0 Å². The molecule has 0 aliphatic carbocycles. The number of carbonyl (C=O) groups excluding carboxylic acids is 1. The maximum absolute atomic E-state index is 12.4. The lowest BCUT2D eigenvalue weighted by Crippen LogP contribution is -2.13. The molecular weight excluding hydrogens is 344 g/mol. The molecular formula is C16H12N4O4S. The van der Waals surface area contributed by atoms with E-state index in [1.165, 1.54) is 42.1 Å². The summed E-state index contributed by atoms with van der Waals surface area (Å²) in [5, 5.41) is 22.1. The van der Waals surface area contributed by atoms with Crippen LogP contribution in [0.4, 0.5) is 11.4 Å². The Kier molecular flexibility index (Phi) is 6.08. The van der Waals surface area contributed by atoms with Gasteiger partial charge in [-0.3, -0.25) is 15.4 Å². The lowest BCUT2D eigenvalue weighted by molar-refractivity contribution is -0.384. The molecule has 0 heterocycles. The number of nitrogens with one attached hydrogen (secondary N) is 1. The minimum Gasteiger partial charge on any atom is -0.423 e. The summed E-state index contributed by atoms with van der Waals surface area (Å²) in [6, 6.07) is 11.7. The smallest absolute Gasteiger partial charge is 0.345 e. The van der Waals surface area contributed by atoms with E-state index in [9.17, 15) is 14.9 Å². The lowest BCUT2D eigenvalue weighted by Gasteiger charge is -2.07. The minimum atomic E-state index is -0.661. The highest BCUT2D eigenvalue weighted by molar-refractivity contribution is 8.13. The Hall–Kier alpha value is -3.38. The average molecular weight is 356 g/mol. The number of amidine groups is 1. The first kappa shape index (κ1) is 18.0. The Balaban J connectivity index is 2.25. The number of nitro benzene ring substituents is 1. The molecule has 0 amide bonds. The van der Waals surface area contributed by atoms with Gasteiger partial charge < -0.3 is 4.74 Å². The number of carbonyl (C=O) groups is 1. The summed E-state index contributed by atoms with van der Waals surface area (Å²) in [5.41, 5.74) is 0.436. The number of para-hydroxylation sites is 1. The zero-order valence-electron chi connectivity index (χ0n) is 13.0. The van der Waals surface area contributed by atoms with E-state index in [-0.39, 0.29) is 17.0 Å². The van der Waals surface area contributed by atoms with Gasteiger partial charge in [0.25, 0.3) is 5.69 Å². The van der Waals surface area contributed by atoms with Crippen molar-refractivity contribution in [2.24, 2.45) is 4.99 Å². The van der Waals surface area contributed by atoms with Gasteiger partial charge in [0, 0.05) is 12.1 Å². The Morgan fingerprint density at radius 2 is 1.96 bits per heavy atom. The fraction of sp³-hybridized carbons (Fsp3) is 0.0625. The number of aliphatic imine (C=N–C) groups is 1. The Bertz CT molecular complexity index is 859. The molecule has 0 saturated heterocycles. The molecule has 0 aliphatic rings. The highest BCUT2D eigenvalue weighted by Crippen LogP contribution is 2.23. The van der Waals surface area contributed by atoms with Gasteiger partial charge in [-0.15, -0.1) is 0 Å². The molecule has 2 rings (SSSR count). The molecule has 0 bridgehead atoms. The maximum atomic E-state index is 12.4. The van der Waals surface area contributed by atoms with E-state index in [0.29, 0.717) is 10.9 Å². The zero-order chi connectivity index (χ0) is 18.2. The second-order valence-corrected chi connectivity index (χ2v) is 5.31. The average Bonchev–Trinajstić information content (AvgIpc) is 2.62. The van der Waals surface area contributed by atoms with E-state index in [1.54, 1.807) is 30.6 Å². The van der Waals surface area contributed by atoms with E-state index in [1.807, 2.05) is 0 Å². The van der Waals surface area contributed by atoms with E-state index >= 15 is 0 Å². The predicted molar refractivity (Wildman–Crippen MR) is 93.9 cm³/mol. The summed E-state index contributed by atoms with van der Waals surface area (Å²) in [6.45, 7) is 0. The highest BCUT2D eigenvalue weighted by atomic mass is 32.2. The molecule has 126 valence electrons. The second-order valence-electron chi connectivity index (χ2n) is 4.52. The number of benzene rings is 2. The molecule has 0 unspecified atom stereocenters. The van der Waals surface area contributed by atoms with Gasteiger partial charge in [0.1, 0.15) is 5.75 Å². The molecule has 25 heavy (non-hydrogen) atoms. The number of thioether (sulfide) groups is 1. The van der Waals surface area contributed by atoms with Crippen LogP contribution >= 0.6 is 11.8 Å². The molecule has 0 saturated carbocycles. The number of nitrogens with zero attached hydrogens (tertiary/aromatic N) is 3. The summed E-state index contributed by atoms with van der Waals surface area (Å²) >= 11 is 1.22. The van der Waals surface area contributed by atoms with Crippen LogP contribution in [0.25, 0.3) is 0 Å². The Morgan fingerprint density at radius 1 is 1.28 bits per heavy atom. The number of non-ortho nitro benzene ring substituents is 1. The quantitative estimate of drug-likeness (QED) is 0.131. The number of nitro groups is 1. The van der Waals surface area contributed by atoms with Gasteiger partial charge in [-0.2, -0.15) is 5.26 Å². The standard InChI is InChI=1S/C16H12N4O4S/c1-25-16(18-10-17)19-14-5-3-2-4-13(14)15(21)24-12-8-6-11(7-9-12)20(22)23/h2-9H,1H3,(H,18,19). The number of nitriles is 1. The van der Waals surface area contributed by atoms with Crippen LogP contribution in [0.1, 0.15) is 10.4 Å². The van der Waals surface area contributed by atoms with Crippen LogP contribution in [0.5, 0.6) is 5.75 Å². The SMILES string of the molecule is CSC(=Nc1ccccc1C(=O)Oc1ccc([N+](=O)[O-])cc1)NC#N. The van der Waals surface area contributed by atoms with Crippen molar-refractivity contribution in [3.05, 3.63) is 64.2 Å². The third kappa shape index (κ3) is 4.79. The number of hydrogen-bond acceptors (Lipinski definition) is 7. The maximum Gasteiger partial charge on any atom is 0.345 e. The first-order chi connectivity index (χ1) is 12.0. The molecule has 0 fully saturated rings. The fourth-order valence-corrected chi connectivity index (χ4v) is 2.16. The van der Waals surface area contributed by atoms with Gasteiger partial charge in [0.05, 0.1) is 16.2 Å². The lowest BCUT2D eigenvalue weighted by atomic mass is 10.2. The van der Waals surface area contributed by atoms with Crippen molar-refractivity contribution < 1.29 is 14.5 Å². The molecule has 2 aromatic rings. The number of ether oxygens (including phenoxy) is 1. The minimum absolute atomic E-state index is 0.100. The molecule has 2 aromatic carbocycles. The molecule has 0 aliphatic heterocycles. The van der Waals surface area contributed by atoms with Crippen LogP contribution in [0.15, 0.2) is 53.5 Å². The topological polar surface area (TPSA) is 118 Å². The van der Waals surface area contributed by atoms with Crippen molar-refractivity contribution in [3.63, 3.8) is 0 Å². The van der Waals surface area contributed by atoms with E-state index in [0.717, 1.165) is 0 Å². The van der Waals surface area contributed by atoms with Crippen molar-refractivity contribution in [2.45, 2.75) is 0 Å². The number of rotatable bonds is 4. The van der Waals surface area contributed by atoms with Crippen LogP contribution in [-0.4, -0.2) is 22.3 Å². The molecule has 0 aromatic heterocycles. The molecule has 0 atom stereocenters. The van der Waals surface area contributed by atoms with Crippen LogP contribution in [0, 0.1) is 21.6 Å². The summed E-state index contributed by atoms with van der Waals surface area (Å²) in [4.78, 5) is 26.7.